The summed E-state index contributed by atoms with van der Waals surface area (Å²) < 4.78 is 13.8. The zero-order valence-corrected chi connectivity index (χ0v) is 16.5. The third-order valence-corrected chi connectivity index (χ3v) is 5.57. The van der Waals surface area contributed by atoms with Crippen molar-refractivity contribution in [3.8, 4) is 0 Å². The van der Waals surface area contributed by atoms with Crippen LogP contribution in [0, 0.1) is 5.82 Å². The number of hydrogen-bond acceptors (Lipinski definition) is 1. The first-order valence-electron chi connectivity index (χ1n) is 8.45. The Morgan fingerprint density at radius 1 is 1.08 bits per heavy atom. The average Bonchev–Trinajstić information content (AvgIpc) is 2.60. The van der Waals surface area contributed by atoms with Crippen LogP contribution in [0.4, 0.5) is 4.39 Å². The molecule has 5 heteroatoms. The van der Waals surface area contributed by atoms with Crippen LogP contribution < -0.4 is 0 Å². The van der Waals surface area contributed by atoms with Gasteiger partial charge in [-0.05, 0) is 50.5 Å². The van der Waals surface area contributed by atoms with E-state index in [0.717, 1.165) is 23.1 Å². The highest BCUT2D eigenvalue weighted by atomic mass is 35.5. The Balaban J connectivity index is 2.03. The van der Waals surface area contributed by atoms with Crippen LogP contribution in [0.2, 0.25) is 10.0 Å². The summed E-state index contributed by atoms with van der Waals surface area (Å²) in [4.78, 5) is 15.1. The van der Waals surface area contributed by atoms with Crippen molar-refractivity contribution in [3.05, 3.63) is 75.0 Å². The van der Waals surface area contributed by atoms with Gasteiger partial charge >= 0.3 is 0 Å². The fourth-order valence-electron chi connectivity index (χ4n) is 3.40. The maximum Gasteiger partial charge on any atom is 0.255 e. The summed E-state index contributed by atoms with van der Waals surface area (Å²) in [6.45, 7) is 6.43. The molecule has 1 heterocycles. The molecular formula is C21H20Cl2FNO. The van der Waals surface area contributed by atoms with Crippen LogP contribution in [0.5, 0.6) is 0 Å². The van der Waals surface area contributed by atoms with Crippen LogP contribution in [-0.2, 0) is 10.3 Å². The van der Waals surface area contributed by atoms with E-state index in [1.54, 1.807) is 12.1 Å². The molecule has 1 aliphatic heterocycles. The average molecular weight is 392 g/mol. The summed E-state index contributed by atoms with van der Waals surface area (Å²) in [6.07, 6.45) is 0.780. The molecule has 0 aromatic heterocycles. The second-order valence-electron chi connectivity index (χ2n) is 7.04. The number of amides is 1. The molecule has 0 bridgehead atoms. The second-order valence-corrected chi connectivity index (χ2v) is 7.86. The molecule has 0 saturated carbocycles. The normalized spacial score (nSPS) is 15.6. The van der Waals surface area contributed by atoms with Crippen LogP contribution in [-0.4, -0.2) is 17.4 Å². The van der Waals surface area contributed by atoms with E-state index in [9.17, 15) is 9.18 Å². The third kappa shape index (κ3) is 3.26. The Labute approximate surface area is 163 Å². The Kier molecular flexibility index (Phi) is 5.14. The maximum atomic E-state index is 13.8. The molecule has 0 saturated heterocycles. The number of benzene rings is 2. The molecule has 3 rings (SSSR count). The molecule has 2 nitrogen and oxygen atoms in total. The Hall–Kier alpha value is -1.84. The van der Waals surface area contributed by atoms with E-state index in [1.165, 1.54) is 0 Å². The van der Waals surface area contributed by atoms with Crippen molar-refractivity contribution in [1.82, 2.24) is 4.90 Å². The Bertz CT molecular complexity index is 867. The van der Waals surface area contributed by atoms with Crippen molar-refractivity contribution in [2.45, 2.75) is 32.7 Å². The minimum absolute atomic E-state index is 0.0403. The topological polar surface area (TPSA) is 20.3 Å². The number of carbonyl (C=O) groups excluding carboxylic acids is 1. The van der Waals surface area contributed by atoms with E-state index < -0.39 is 11.4 Å². The van der Waals surface area contributed by atoms with E-state index >= 15 is 0 Å². The van der Waals surface area contributed by atoms with E-state index in [-0.39, 0.29) is 16.0 Å². The van der Waals surface area contributed by atoms with Gasteiger partial charge in [0.15, 0.2) is 5.82 Å². The summed E-state index contributed by atoms with van der Waals surface area (Å²) in [5, 5.41) is -0.0833. The zero-order valence-electron chi connectivity index (χ0n) is 14.9. The third-order valence-electron chi connectivity index (χ3n) is 5.02. The molecule has 0 radical (unpaired) electrons. The SMILES string of the molecule is CC1=C(c2ccccc2)C(=O)N(C(C)(C)c2cc(Cl)c(F)c(Cl)c2)CC1. The summed E-state index contributed by atoms with van der Waals surface area (Å²) in [5.41, 5.74) is 2.73. The molecule has 0 unspecified atom stereocenters. The smallest absolute Gasteiger partial charge is 0.255 e. The Morgan fingerprint density at radius 2 is 1.65 bits per heavy atom. The van der Waals surface area contributed by atoms with Gasteiger partial charge in [-0.2, -0.15) is 0 Å². The predicted molar refractivity (Wildman–Crippen MR) is 105 cm³/mol. The van der Waals surface area contributed by atoms with Crippen molar-refractivity contribution in [3.63, 3.8) is 0 Å². The first-order chi connectivity index (χ1) is 12.2. The molecule has 0 atom stereocenters. The number of halogens is 3. The van der Waals surface area contributed by atoms with Gasteiger partial charge in [-0.3, -0.25) is 4.79 Å². The summed E-state index contributed by atoms with van der Waals surface area (Å²) in [6, 6.07) is 12.8. The fraction of sp³-hybridized carbons (Fsp3) is 0.286. The van der Waals surface area contributed by atoms with Gasteiger partial charge in [0.2, 0.25) is 0 Å². The number of rotatable bonds is 3. The van der Waals surface area contributed by atoms with Gasteiger partial charge in [-0.1, -0.05) is 59.1 Å². The highest BCUT2D eigenvalue weighted by Gasteiger charge is 2.37. The maximum absolute atomic E-state index is 13.8. The standard InChI is InChI=1S/C21H20Cl2FNO/c1-13-9-10-25(20(26)18(13)14-7-5-4-6-8-14)21(2,3)15-11-16(22)19(24)17(23)12-15/h4-8,11-12H,9-10H2,1-3H3. The van der Waals surface area contributed by atoms with Crippen LogP contribution in [0.1, 0.15) is 38.3 Å². The highest BCUT2D eigenvalue weighted by Crippen LogP contribution is 2.38. The summed E-state index contributed by atoms with van der Waals surface area (Å²) in [5.74, 6) is -0.680. The lowest BCUT2D eigenvalue weighted by atomic mass is 9.86. The lowest BCUT2D eigenvalue weighted by Gasteiger charge is -2.42. The molecule has 26 heavy (non-hydrogen) atoms. The Morgan fingerprint density at radius 3 is 2.23 bits per heavy atom. The molecule has 0 spiro atoms. The second kappa shape index (κ2) is 7.05. The van der Waals surface area contributed by atoms with Crippen LogP contribution >= 0.6 is 23.2 Å². The van der Waals surface area contributed by atoms with E-state index in [1.807, 2.05) is 56.0 Å². The van der Waals surface area contributed by atoms with Crippen molar-refractivity contribution in [2.24, 2.45) is 0 Å². The van der Waals surface area contributed by atoms with Gasteiger partial charge in [0.25, 0.3) is 5.91 Å². The largest absolute Gasteiger partial charge is 0.329 e. The van der Waals surface area contributed by atoms with Crippen LogP contribution in [0.25, 0.3) is 5.57 Å². The summed E-state index contributed by atoms with van der Waals surface area (Å²) >= 11 is 12.0. The number of nitrogens with zero attached hydrogens (tertiary/aromatic N) is 1. The van der Waals surface area contributed by atoms with E-state index in [4.69, 9.17) is 23.2 Å². The number of carbonyl (C=O) groups is 1. The van der Waals surface area contributed by atoms with Crippen molar-refractivity contribution in [1.29, 1.82) is 0 Å². The van der Waals surface area contributed by atoms with Gasteiger partial charge in [0.1, 0.15) is 0 Å². The first kappa shape index (κ1) is 18.9. The highest BCUT2D eigenvalue weighted by molar-refractivity contribution is 6.35. The minimum Gasteiger partial charge on any atom is -0.329 e. The van der Waals surface area contributed by atoms with E-state index in [2.05, 4.69) is 0 Å². The molecule has 0 fully saturated rings. The van der Waals surface area contributed by atoms with Crippen molar-refractivity contribution >= 4 is 34.7 Å². The van der Waals surface area contributed by atoms with E-state index in [0.29, 0.717) is 12.1 Å². The summed E-state index contributed by atoms with van der Waals surface area (Å²) in [7, 11) is 0. The van der Waals surface area contributed by atoms with Crippen molar-refractivity contribution in [2.75, 3.05) is 6.54 Å². The molecular weight excluding hydrogens is 372 g/mol. The van der Waals surface area contributed by atoms with Gasteiger partial charge in [-0.25, -0.2) is 4.39 Å². The van der Waals surface area contributed by atoms with Crippen molar-refractivity contribution < 1.29 is 9.18 Å². The zero-order chi connectivity index (χ0) is 19.1. The quantitative estimate of drug-likeness (QED) is 0.581. The molecule has 1 amide bonds. The molecule has 0 N–H and O–H groups in total. The fourth-order valence-corrected chi connectivity index (χ4v) is 3.88. The first-order valence-corrected chi connectivity index (χ1v) is 9.21. The lowest BCUT2D eigenvalue weighted by molar-refractivity contribution is -0.131. The van der Waals surface area contributed by atoms with Gasteiger partial charge in [0.05, 0.1) is 15.6 Å². The predicted octanol–water partition coefficient (Wildman–Crippen LogP) is 6.07. The molecule has 2 aromatic carbocycles. The molecule has 2 aromatic rings. The van der Waals surface area contributed by atoms with Gasteiger partial charge < -0.3 is 4.90 Å². The molecule has 136 valence electrons. The number of hydrogen-bond donors (Lipinski definition) is 0. The van der Waals surface area contributed by atoms with Gasteiger partial charge in [0, 0.05) is 12.1 Å². The van der Waals surface area contributed by atoms with Crippen LogP contribution in [0.15, 0.2) is 48.0 Å². The lowest BCUT2D eigenvalue weighted by Crippen LogP contribution is -2.48. The molecule has 0 aliphatic carbocycles. The monoisotopic (exact) mass is 391 g/mol. The molecule has 1 aliphatic rings. The minimum atomic E-state index is -0.682. The van der Waals surface area contributed by atoms with Gasteiger partial charge in [-0.15, -0.1) is 0 Å². The van der Waals surface area contributed by atoms with Crippen LogP contribution in [0.3, 0.4) is 0 Å².